The zero-order valence-corrected chi connectivity index (χ0v) is 25.6. The molecule has 11 heteroatoms. The summed E-state index contributed by atoms with van der Waals surface area (Å²) >= 11 is 0. The fourth-order valence-electron chi connectivity index (χ4n) is 5.62. The fraction of sp³-hybridized carbons (Fsp3) is 0.467. The number of carbonyl (C=O) groups is 3. The van der Waals surface area contributed by atoms with E-state index >= 15 is 0 Å². The number of carbonyl (C=O) groups excluding carboxylic acids is 4. The molecule has 2 aliphatic heterocycles. The van der Waals surface area contributed by atoms with Crippen LogP contribution in [0.1, 0.15) is 74.6 Å². The maximum atomic E-state index is 12.8. The van der Waals surface area contributed by atoms with Crippen LogP contribution in [0, 0.1) is 11.6 Å². The van der Waals surface area contributed by atoms with Crippen LogP contribution in [-0.4, -0.2) is 68.0 Å². The van der Waals surface area contributed by atoms with Crippen molar-refractivity contribution >= 4 is 34.8 Å². The molecule has 3 fully saturated rings. The number of piperidine rings is 2. The number of amides is 3. The number of aliphatic hydroxyl groups is 1. The van der Waals surface area contributed by atoms with Gasteiger partial charge < -0.3 is 19.8 Å². The van der Waals surface area contributed by atoms with Crippen molar-refractivity contribution < 1.29 is 53.8 Å². The van der Waals surface area contributed by atoms with Gasteiger partial charge >= 0.3 is 29.6 Å². The topological polar surface area (TPSA) is 134 Å². The average Bonchev–Trinajstić information content (AvgIpc) is 3.42. The minimum atomic E-state index is -0.984. The van der Waals surface area contributed by atoms with Crippen LogP contribution in [0.5, 0.6) is 0 Å². The number of likely N-dealkylation sites (tertiary alicyclic amines) is 1. The molecule has 10 nitrogen and oxygen atoms in total. The van der Waals surface area contributed by atoms with E-state index in [0.29, 0.717) is 29.3 Å². The number of aliphatic hydroxyl groups excluding tert-OH is 1. The Morgan fingerprint density at radius 1 is 1.20 bits per heavy atom. The third-order valence-corrected chi connectivity index (χ3v) is 8.28. The summed E-state index contributed by atoms with van der Waals surface area (Å²) < 4.78 is 2.05. The minimum Gasteiger partial charge on any atom is -0.388 e. The van der Waals surface area contributed by atoms with Crippen LogP contribution in [0.2, 0.25) is 0 Å². The van der Waals surface area contributed by atoms with Gasteiger partial charge in [-0.15, -0.1) is 23.9 Å². The summed E-state index contributed by atoms with van der Waals surface area (Å²) in [5, 5.41) is 17.0. The average molecular weight is 567 g/mol. The number of fused-ring (bicyclic) bond motifs is 1. The van der Waals surface area contributed by atoms with Crippen molar-refractivity contribution in [1.29, 1.82) is 0 Å². The van der Waals surface area contributed by atoms with Crippen molar-refractivity contribution in [3.63, 3.8) is 0 Å². The zero-order chi connectivity index (χ0) is 28.3. The number of hydrogen-bond acceptors (Lipinski definition) is 7. The van der Waals surface area contributed by atoms with E-state index in [4.69, 9.17) is 5.11 Å². The summed E-state index contributed by atoms with van der Waals surface area (Å²) in [7, 11) is 0. The molecule has 0 radical (unpaired) electrons. The number of benzene rings is 1. The first-order chi connectivity index (χ1) is 19.3. The molecule has 1 aromatic carbocycles. The minimum absolute atomic E-state index is 0. The van der Waals surface area contributed by atoms with Gasteiger partial charge in [-0.25, -0.2) is 17.0 Å². The molecular formula is C30H33N5NaO5-. The molecule has 41 heavy (non-hydrogen) atoms. The van der Waals surface area contributed by atoms with Gasteiger partial charge in [0.15, 0.2) is 0 Å². The summed E-state index contributed by atoms with van der Waals surface area (Å²) in [6.07, 6.45) is 16.0. The normalized spacial score (nSPS) is 20.2. The first-order valence-electron chi connectivity index (χ1n) is 13.8. The van der Waals surface area contributed by atoms with E-state index in [2.05, 4.69) is 39.0 Å². The Balaban J connectivity index is 0.000000333. The van der Waals surface area contributed by atoms with Gasteiger partial charge in [0, 0.05) is 37.4 Å². The third kappa shape index (κ3) is 6.94. The van der Waals surface area contributed by atoms with E-state index in [1.807, 2.05) is 29.9 Å². The predicted octanol–water partition coefficient (Wildman–Crippen LogP) is -0.578. The number of aromatic nitrogens is 3. The van der Waals surface area contributed by atoms with Gasteiger partial charge in [0.1, 0.15) is 6.10 Å². The van der Waals surface area contributed by atoms with Crippen LogP contribution in [0.25, 0.3) is 10.8 Å². The molecule has 6 rings (SSSR count). The monoisotopic (exact) mass is 566 g/mol. The van der Waals surface area contributed by atoms with Crippen LogP contribution in [-0.2, 0) is 25.6 Å². The Morgan fingerprint density at radius 3 is 2.59 bits per heavy atom. The third-order valence-electron chi connectivity index (χ3n) is 8.28. The second-order valence-electron chi connectivity index (χ2n) is 11.1. The van der Waals surface area contributed by atoms with E-state index in [-0.39, 0.29) is 53.7 Å². The molecule has 3 aliphatic rings. The molecule has 1 unspecified atom stereocenters. The molecule has 2 saturated heterocycles. The van der Waals surface area contributed by atoms with Crippen molar-refractivity contribution in [2.45, 2.75) is 70.4 Å². The molecule has 0 bridgehead atoms. The van der Waals surface area contributed by atoms with Gasteiger partial charge in [0.25, 0.3) is 5.91 Å². The predicted molar refractivity (Wildman–Crippen MR) is 146 cm³/mol. The van der Waals surface area contributed by atoms with Crippen LogP contribution in [0.4, 0.5) is 0 Å². The van der Waals surface area contributed by atoms with Crippen LogP contribution in [0.15, 0.2) is 36.8 Å². The quantitative estimate of drug-likeness (QED) is 0.240. The number of pyridine rings is 1. The first kappa shape index (κ1) is 31.0. The fourth-order valence-corrected chi connectivity index (χ4v) is 5.62. The van der Waals surface area contributed by atoms with Crippen molar-refractivity contribution in [2.75, 3.05) is 13.1 Å². The smallest absolute Gasteiger partial charge is 0.388 e. The molecular weight excluding hydrogens is 533 g/mol. The molecule has 210 valence electrons. The first-order valence-corrected chi connectivity index (χ1v) is 13.8. The van der Waals surface area contributed by atoms with Gasteiger partial charge in [0.2, 0.25) is 11.8 Å². The van der Waals surface area contributed by atoms with Crippen LogP contribution in [0.3, 0.4) is 0 Å². The van der Waals surface area contributed by atoms with E-state index in [1.165, 1.54) is 6.42 Å². The van der Waals surface area contributed by atoms with Crippen molar-refractivity contribution in [3.05, 3.63) is 59.7 Å². The Hall–Kier alpha value is -2.92. The summed E-state index contributed by atoms with van der Waals surface area (Å²) in [5.74, 6) is -0.540. The number of imide groups is 1. The number of nitrogens with zero attached hydrogens (tertiary/aromatic N) is 4. The Bertz CT molecular complexity index is 1430. The molecule has 1 aliphatic carbocycles. The van der Waals surface area contributed by atoms with Crippen molar-refractivity contribution in [1.82, 2.24) is 25.0 Å². The van der Waals surface area contributed by atoms with Gasteiger partial charge in [-0.05, 0) is 44.1 Å². The molecule has 3 aromatic rings. The second kappa shape index (κ2) is 13.4. The standard InChI is InChI=1S/C25H26N4O2.C5H7NO3.Na/c1-25(8-3-9-25)24(31)28-10-6-21(7-11-28)29-16-18(13-27-29)12-20-14-26-15-23-19(17-30)4-2-5-22(20)23;7-3-1-2-4(8)6-5(3)9;/h2,4-5,13-14,16,21H,3,6-12H2,1H3;3,7H,1-2H2,(H,6,8,9);/q-2;;+1. The maximum absolute atomic E-state index is 12.8. The van der Waals surface area contributed by atoms with Crippen molar-refractivity contribution in [3.8, 4) is 0 Å². The van der Waals surface area contributed by atoms with Crippen LogP contribution >= 0.6 is 0 Å². The molecule has 1 saturated carbocycles. The summed E-state index contributed by atoms with van der Waals surface area (Å²) in [4.78, 5) is 51.0. The Kier molecular flexibility index (Phi) is 10.1. The van der Waals surface area contributed by atoms with E-state index < -0.39 is 12.0 Å². The largest absolute Gasteiger partial charge is 1.00 e. The SMILES string of the molecule is CC1(C(=O)N2CCC(n3cc(Cc4cn[c-]c5c([C-]=O)cccc45)cn3)CC2)CCC1.O=C1CCC(O)C(=O)N1.[Na+]. The molecule has 2 aromatic heterocycles. The number of hydrogen-bond donors (Lipinski definition) is 2. The summed E-state index contributed by atoms with van der Waals surface area (Å²) in [5.41, 5.74) is 2.52. The summed E-state index contributed by atoms with van der Waals surface area (Å²) in [6, 6.07) is 5.91. The van der Waals surface area contributed by atoms with E-state index in [1.54, 1.807) is 12.3 Å². The van der Waals surface area contributed by atoms with Gasteiger partial charge in [-0.2, -0.15) is 10.5 Å². The number of rotatable bonds is 5. The van der Waals surface area contributed by atoms with Gasteiger partial charge in [-0.1, -0.05) is 19.5 Å². The zero-order valence-electron chi connectivity index (χ0n) is 23.6. The van der Waals surface area contributed by atoms with E-state index in [9.17, 15) is 19.2 Å². The number of nitrogens with one attached hydrogen (secondary N) is 1. The van der Waals surface area contributed by atoms with E-state index in [0.717, 1.165) is 55.3 Å². The summed E-state index contributed by atoms with van der Waals surface area (Å²) in [6.45, 7) is 3.73. The van der Waals surface area contributed by atoms with Crippen molar-refractivity contribution in [2.24, 2.45) is 5.41 Å². The second-order valence-corrected chi connectivity index (χ2v) is 11.1. The van der Waals surface area contributed by atoms with Gasteiger partial charge in [-0.3, -0.25) is 24.4 Å². The Morgan fingerprint density at radius 2 is 1.95 bits per heavy atom. The van der Waals surface area contributed by atoms with Crippen LogP contribution < -0.4 is 34.9 Å². The molecule has 1 atom stereocenters. The molecule has 0 spiro atoms. The molecule has 2 N–H and O–H groups in total. The maximum Gasteiger partial charge on any atom is 1.00 e. The molecule has 3 amide bonds. The molecule has 4 heterocycles. The Labute approximate surface area is 261 Å². The van der Waals surface area contributed by atoms with Gasteiger partial charge in [0.05, 0.1) is 12.2 Å².